The maximum Gasteiger partial charge on any atom is 0.393 e. The van der Waals surface area contributed by atoms with Crippen LogP contribution in [0.25, 0.3) is 10.1 Å². The van der Waals surface area contributed by atoms with Crippen LogP contribution in [0, 0.1) is 5.92 Å². The molecule has 1 aromatic heterocycles. The Balaban J connectivity index is 1.41. The predicted molar refractivity (Wildman–Crippen MR) is 94.5 cm³/mol. The first-order valence-electron chi connectivity index (χ1n) is 9.00. The SMILES string of the molecule is O=C(N[C@@H]1C2CCN(C2)C12CC2)c1cc2cccc(CC(F)(F)F)c2s1. The highest BCUT2D eigenvalue weighted by Crippen LogP contribution is 2.55. The average molecular weight is 380 g/mol. The zero-order valence-corrected chi connectivity index (χ0v) is 14.9. The van der Waals surface area contributed by atoms with E-state index in [9.17, 15) is 18.0 Å². The summed E-state index contributed by atoms with van der Waals surface area (Å²) in [5.74, 6) is 0.366. The molecule has 3 fully saturated rings. The van der Waals surface area contributed by atoms with Gasteiger partial charge in [0.1, 0.15) is 0 Å². The molecule has 1 N–H and O–H groups in total. The van der Waals surface area contributed by atoms with Crippen molar-refractivity contribution in [1.82, 2.24) is 10.2 Å². The van der Waals surface area contributed by atoms with Crippen LogP contribution in [0.2, 0.25) is 0 Å². The first kappa shape index (κ1) is 16.6. The lowest BCUT2D eigenvalue weighted by atomic mass is 9.92. The summed E-state index contributed by atoms with van der Waals surface area (Å²) < 4.78 is 39.0. The third-order valence-electron chi connectivity index (χ3n) is 6.19. The van der Waals surface area contributed by atoms with E-state index >= 15 is 0 Å². The van der Waals surface area contributed by atoms with E-state index < -0.39 is 12.6 Å². The molecule has 3 atom stereocenters. The van der Waals surface area contributed by atoms with Gasteiger partial charge in [-0.05, 0) is 48.7 Å². The number of nitrogens with one attached hydrogen (secondary N) is 1. The molecule has 0 radical (unpaired) electrons. The van der Waals surface area contributed by atoms with Crippen molar-refractivity contribution < 1.29 is 18.0 Å². The van der Waals surface area contributed by atoms with Gasteiger partial charge >= 0.3 is 6.18 Å². The second kappa shape index (κ2) is 5.45. The van der Waals surface area contributed by atoms with Crippen LogP contribution in [0.3, 0.4) is 0 Å². The molecule has 3 nitrogen and oxygen atoms in total. The Morgan fingerprint density at radius 3 is 2.88 bits per heavy atom. The second-order valence-electron chi connectivity index (χ2n) is 7.79. The largest absolute Gasteiger partial charge is 0.393 e. The number of nitrogens with zero attached hydrogens (tertiary/aromatic N) is 1. The van der Waals surface area contributed by atoms with Crippen LogP contribution in [-0.4, -0.2) is 41.7 Å². The molecule has 26 heavy (non-hydrogen) atoms. The molecule has 3 aliphatic rings. The highest BCUT2D eigenvalue weighted by atomic mass is 32.1. The molecule has 1 saturated carbocycles. The van der Waals surface area contributed by atoms with Crippen molar-refractivity contribution in [2.45, 2.75) is 43.4 Å². The van der Waals surface area contributed by atoms with Gasteiger partial charge in [0.05, 0.1) is 17.3 Å². The van der Waals surface area contributed by atoms with Gasteiger partial charge < -0.3 is 5.32 Å². The molecule has 3 heterocycles. The van der Waals surface area contributed by atoms with Crippen LogP contribution in [-0.2, 0) is 6.42 Å². The Bertz CT molecular complexity index is 887. The van der Waals surface area contributed by atoms with E-state index in [1.54, 1.807) is 18.2 Å². The molecular formula is C19H19F3N2OS. The second-order valence-corrected chi connectivity index (χ2v) is 8.84. The van der Waals surface area contributed by atoms with Gasteiger partial charge in [-0.15, -0.1) is 11.3 Å². The van der Waals surface area contributed by atoms with Gasteiger partial charge in [0, 0.05) is 16.8 Å². The number of benzene rings is 1. The molecular weight excluding hydrogens is 361 g/mol. The van der Waals surface area contributed by atoms with Crippen LogP contribution in [0.5, 0.6) is 0 Å². The lowest BCUT2D eigenvalue weighted by Gasteiger charge is -2.33. The zero-order valence-electron chi connectivity index (χ0n) is 14.1. The maximum atomic E-state index is 12.8. The number of carbonyl (C=O) groups excluding carboxylic acids is 1. The third kappa shape index (κ3) is 2.55. The number of alkyl halides is 3. The molecule has 1 amide bonds. The molecule has 2 unspecified atom stereocenters. The molecule has 138 valence electrons. The van der Waals surface area contributed by atoms with E-state index in [4.69, 9.17) is 0 Å². The van der Waals surface area contributed by atoms with Crippen molar-refractivity contribution in [2.24, 2.45) is 5.92 Å². The quantitative estimate of drug-likeness (QED) is 0.874. The van der Waals surface area contributed by atoms with E-state index in [-0.39, 0.29) is 23.1 Å². The number of fused-ring (bicyclic) bond motifs is 4. The summed E-state index contributed by atoms with van der Waals surface area (Å²) in [4.78, 5) is 15.8. The van der Waals surface area contributed by atoms with E-state index in [1.165, 1.54) is 17.4 Å². The molecule has 5 rings (SSSR count). The fourth-order valence-corrected chi connectivity index (χ4v) is 5.98. The Labute approximate surface area is 153 Å². The minimum Gasteiger partial charge on any atom is -0.346 e. The van der Waals surface area contributed by atoms with Gasteiger partial charge in [-0.2, -0.15) is 13.2 Å². The van der Waals surface area contributed by atoms with Crippen molar-refractivity contribution in [1.29, 1.82) is 0 Å². The molecule has 2 saturated heterocycles. The number of piperidine rings is 1. The van der Waals surface area contributed by atoms with Crippen LogP contribution in [0.4, 0.5) is 13.2 Å². The number of halogens is 3. The van der Waals surface area contributed by atoms with Crippen LogP contribution in [0.15, 0.2) is 24.3 Å². The summed E-state index contributed by atoms with van der Waals surface area (Å²) in [6, 6.07) is 6.80. The lowest BCUT2D eigenvalue weighted by Crippen LogP contribution is -2.51. The van der Waals surface area contributed by atoms with Gasteiger partial charge in [0.2, 0.25) is 0 Å². The number of amides is 1. The van der Waals surface area contributed by atoms with Crippen LogP contribution in [0.1, 0.15) is 34.5 Å². The Morgan fingerprint density at radius 2 is 2.15 bits per heavy atom. The fourth-order valence-electron chi connectivity index (χ4n) is 4.91. The van der Waals surface area contributed by atoms with Crippen molar-refractivity contribution in [3.63, 3.8) is 0 Å². The molecule has 1 aromatic carbocycles. The number of carbonyl (C=O) groups is 1. The smallest absolute Gasteiger partial charge is 0.346 e. The maximum absolute atomic E-state index is 12.8. The number of hydrogen-bond acceptors (Lipinski definition) is 3. The van der Waals surface area contributed by atoms with E-state index in [1.807, 2.05) is 0 Å². The average Bonchev–Trinajstić information content (AvgIpc) is 2.96. The number of hydrogen-bond donors (Lipinski definition) is 1. The van der Waals surface area contributed by atoms with Gasteiger partial charge in [-0.3, -0.25) is 9.69 Å². The first-order chi connectivity index (χ1) is 12.4. The monoisotopic (exact) mass is 380 g/mol. The zero-order chi connectivity index (χ0) is 18.1. The predicted octanol–water partition coefficient (Wildman–Crippen LogP) is 3.97. The fraction of sp³-hybridized carbons (Fsp3) is 0.526. The topological polar surface area (TPSA) is 32.3 Å². The number of rotatable bonds is 3. The Kier molecular flexibility index (Phi) is 3.47. The summed E-state index contributed by atoms with van der Waals surface area (Å²) >= 11 is 1.17. The standard InChI is InChI=1S/C19H19F3N2OS/c20-19(21,22)9-12-3-1-2-11-8-14(26-15(11)12)17(25)23-16-13-4-7-24(10-13)18(16)5-6-18/h1-3,8,13,16H,4-7,9-10H2,(H,23,25)/t13?,16-/m1/s1. The van der Waals surface area contributed by atoms with Crippen molar-refractivity contribution >= 4 is 27.3 Å². The molecule has 2 aromatic rings. The summed E-state index contributed by atoms with van der Waals surface area (Å²) in [6.45, 7) is 2.19. The lowest BCUT2D eigenvalue weighted by molar-refractivity contribution is -0.126. The summed E-state index contributed by atoms with van der Waals surface area (Å²) in [6.07, 6.45) is -1.83. The minimum absolute atomic E-state index is 0.144. The summed E-state index contributed by atoms with van der Waals surface area (Å²) in [5.41, 5.74) is 0.403. The third-order valence-corrected chi connectivity index (χ3v) is 7.42. The highest BCUT2D eigenvalue weighted by Gasteiger charge is 2.63. The van der Waals surface area contributed by atoms with Crippen LogP contribution < -0.4 is 5.32 Å². The van der Waals surface area contributed by atoms with E-state index in [0.717, 1.165) is 32.4 Å². The normalized spacial score (nSPS) is 28.8. The molecule has 2 bridgehead atoms. The van der Waals surface area contributed by atoms with Crippen LogP contribution >= 0.6 is 11.3 Å². The van der Waals surface area contributed by atoms with Crippen molar-refractivity contribution in [2.75, 3.05) is 13.1 Å². The van der Waals surface area contributed by atoms with Gasteiger partial charge in [0.15, 0.2) is 0 Å². The Hall–Kier alpha value is -1.60. The molecule has 1 aliphatic carbocycles. The molecule has 2 aliphatic heterocycles. The summed E-state index contributed by atoms with van der Waals surface area (Å²) in [7, 11) is 0. The van der Waals surface area contributed by atoms with Crippen molar-refractivity contribution in [3.8, 4) is 0 Å². The first-order valence-corrected chi connectivity index (χ1v) is 9.81. The minimum atomic E-state index is -4.25. The Morgan fingerprint density at radius 1 is 1.35 bits per heavy atom. The van der Waals surface area contributed by atoms with Gasteiger partial charge in [-0.1, -0.05) is 18.2 Å². The molecule has 1 spiro atoms. The number of thiophene rings is 1. The highest BCUT2D eigenvalue weighted by molar-refractivity contribution is 7.21. The molecule has 7 heteroatoms. The van der Waals surface area contributed by atoms with E-state index in [0.29, 0.717) is 20.9 Å². The van der Waals surface area contributed by atoms with Gasteiger partial charge in [-0.25, -0.2) is 0 Å². The van der Waals surface area contributed by atoms with Gasteiger partial charge in [0.25, 0.3) is 5.91 Å². The summed E-state index contributed by atoms with van der Waals surface area (Å²) in [5, 5.41) is 3.92. The van der Waals surface area contributed by atoms with Crippen molar-refractivity contribution in [3.05, 3.63) is 34.7 Å². The van der Waals surface area contributed by atoms with E-state index in [2.05, 4.69) is 10.2 Å².